The zero-order chi connectivity index (χ0) is 22.8. The molecule has 0 unspecified atom stereocenters. The van der Waals surface area contributed by atoms with Crippen LogP contribution in [0.5, 0.6) is 0 Å². The summed E-state index contributed by atoms with van der Waals surface area (Å²) in [5.74, 6) is 0.0666. The van der Waals surface area contributed by atoms with Crippen LogP contribution in [0.4, 0.5) is 10.6 Å². The molecule has 11 nitrogen and oxygen atoms in total. The maximum Gasteiger partial charge on any atom is 0.412 e. The van der Waals surface area contributed by atoms with Crippen LogP contribution in [0.1, 0.15) is 34.6 Å². The van der Waals surface area contributed by atoms with E-state index in [1.807, 2.05) is 6.92 Å². The van der Waals surface area contributed by atoms with Crippen molar-refractivity contribution in [2.45, 2.75) is 50.1 Å². The van der Waals surface area contributed by atoms with Crippen molar-refractivity contribution in [3.63, 3.8) is 0 Å². The molecule has 3 rings (SSSR count). The first-order valence-electron chi connectivity index (χ1n) is 10.1. The normalized spacial score (nSPS) is 27.9. The van der Waals surface area contributed by atoms with Crippen LogP contribution in [0.3, 0.4) is 0 Å². The summed E-state index contributed by atoms with van der Waals surface area (Å²) in [6, 6.07) is 4.56. The number of carbonyl (C=O) groups is 1. The molecular formula is C18H23N5O6. The molecule has 0 saturated carbocycles. The Balaban J connectivity index is 1.92. The van der Waals surface area contributed by atoms with Gasteiger partial charge in [-0.1, -0.05) is 19.8 Å². The number of ether oxygens (including phenoxy) is 2. The van der Waals surface area contributed by atoms with Crippen molar-refractivity contribution in [3.05, 3.63) is 24.2 Å². The number of amides is 1. The van der Waals surface area contributed by atoms with Crippen molar-refractivity contribution in [2.24, 2.45) is 0 Å². The monoisotopic (exact) mass is 407 g/mol. The zero-order valence-electron chi connectivity index (χ0n) is 17.6. The second-order valence-corrected chi connectivity index (χ2v) is 6.54. The van der Waals surface area contributed by atoms with Crippen LogP contribution >= 0.6 is 0 Å². The van der Waals surface area contributed by atoms with Crippen molar-refractivity contribution >= 4 is 17.4 Å². The summed E-state index contributed by atoms with van der Waals surface area (Å²) in [4.78, 5) is 16.0. The average molecular weight is 407 g/mol. The average Bonchev–Trinajstić information content (AvgIpc) is 3.26. The number of nitrogens with zero attached hydrogens (tertiary/aromatic N) is 4. The Bertz CT molecular complexity index is 990. The fourth-order valence-electron chi connectivity index (χ4n) is 3.17. The predicted octanol–water partition coefficient (Wildman–Crippen LogP) is 0.300. The fourth-order valence-corrected chi connectivity index (χ4v) is 3.17. The van der Waals surface area contributed by atoms with E-state index in [9.17, 15) is 25.4 Å². The molecule has 0 aromatic carbocycles. The summed E-state index contributed by atoms with van der Waals surface area (Å²) in [6.07, 6.45) is -2.67. The standard InChI is InChI=1S/C18H23N5O6/c1-2-3-4-7-28-17(27)22-16-11-5-6-13(23(11)21-10-20-16)18(9-19)15(26)14(25)12(8-24)29-18/h5-6,10,12,14-15,24-26H,2-4,7-8H2,1H3,(H,20,21,22,27)/t12-,14-,15-,18+/m1/s1/i8D2. The lowest BCUT2D eigenvalue weighted by Gasteiger charge is -2.24. The molecule has 4 N–H and O–H groups in total. The van der Waals surface area contributed by atoms with Gasteiger partial charge in [0.1, 0.15) is 36.2 Å². The minimum Gasteiger partial charge on any atom is -0.449 e. The Hall–Kier alpha value is -2.78. The molecule has 2 aromatic rings. The maximum atomic E-state index is 12.0. The van der Waals surface area contributed by atoms with Crippen molar-refractivity contribution < 1.29 is 32.3 Å². The topological polar surface area (TPSA) is 162 Å². The number of unbranched alkanes of at least 4 members (excludes halogenated alkanes) is 2. The van der Waals surface area contributed by atoms with E-state index < -0.39 is 36.6 Å². The molecule has 3 heterocycles. The molecule has 0 spiro atoms. The van der Waals surface area contributed by atoms with Gasteiger partial charge < -0.3 is 24.8 Å². The molecule has 0 bridgehead atoms. The zero-order valence-corrected chi connectivity index (χ0v) is 15.6. The third-order valence-corrected chi connectivity index (χ3v) is 4.69. The Kier molecular flexibility index (Phi) is 5.48. The molecule has 1 aliphatic heterocycles. The Labute approximate surface area is 169 Å². The minimum atomic E-state index is -3.02. The number of aromatic nitrogens is 3. The molecule has 1 amide bonds. The van der Waals surface area contributed by atoms with E-state index in [-0.39, 0.29) is 23.6 Å². The molecular weight excluding hydrogens is 382 g/mol. The first kappa shape index (κ1) is 18.3. The van der Waals surface area contributed by atoms with Crippen LogP contribution in [0.25, 0.3) is 5.52 Å². The first-order valence-corrected chi connectivity index (χ1v) is 9.10. The molecule has 0 aliphatic carbocycles. The number of rotatable bonds is 7. The predicted molar refractivity (Wildman–Crippen MR) is 98.7 cm³/mol. The highest BCUT2D eigenvalue weighted by atomic mass is 16.6. The third-order valence-electron chi connectivity index (χ3n) is 4.69. The van der Waals surface area contributed by atoms with Crippen LogP contribution in [0.2, 0.25) is 0 Å². The lowest BCUT2D eigenvalue weighted by molar-refractivity contribution is -0.0643. The lowest BCUT2D eigenvalue weighted by Crippen LogP contribution is -2.41. The van der Waals surface area contributed by atoms with Crippen molar-refractivity contribution in [2.75, 3.05) is 18.5 Å². The maximum absolute atomic E-state index is 12.0. The van der Waals surface area contributed by atoms with E-state index in [4.69, 9.17) is 12.2 Å². The van der Waals surface area contributed by atoms with Gasteiger partial charge in [0.15, 0.2) is 5.82 Å². The summed E-state index contributed by atoms with van der Waals surface area (Å²) < 4.78 is 26.4. The number of aliphatic hydroxyl groups excluding tert-OH is 2. The summed E-state index contributed by atoms with van der Waals surface area (Å²) in [7, 11) is 0. The Morgan fingerprint density at radius 3 is 2.97 bits per heavy atom. The molecule has 1 saturated heterocycles. The number of anilines is 1. The number of nitriles is 1. The van der Waals surface area contributed by atoms with Gasteiger partial charge in [-0.05, 0) is 18.6 Å². The second-order valence-electron chi connectivity index (χ2n) is 6.54. The fraction of sp³-hybridized carbons (Fsp3) is 0.556. The summed E-state index contributed by atoms with van der Waals surface area (Å²) in [5, 5.41) is 46.6. The van der Waals surface area contributed by atoms with Crippen LogP contribution in [0.15, 0.2) is 18.5 Å². The van der Waals surface area contributed by atoms with Gasteiger partial charge in [-0.15, -0.1) is 0 Å². The number of aliphatic hydroxyl groups is 3. The van der Waals surface area contributed by atoms with E-state index in [0.717, 1.165) is 30.1 Å². The van der Waals surface area contributed by atoms with Gasteiger partial charge in [-0.25, -0.2) is 14.3 Å². The highest BCUT2D eigenvalue weighted by Gasteiger charge is 2.57. The van der Waals surface area contributed by atoms with Gasteiger partial charge in [-0.2, -0.15) is 10.4 Å². The highest BCUT2D eigenvalue weighted by Crippen LogP contribution is 2.40. The van der Waals surface area contributed by atoms with Crippen LogP contribution in [0, 0.1) is 11.3 Å². The van der Waals surface area contributed by atoms with E-state index in [0.29, 0.717) is 0 Å². The number of carbonyl (C=O) groups excluding carboxylic acids is 1. The summed E-state index contributed by atoms with van der Waals surface area (Å²) >= 11 is 0. The van der Waals surface area contributed by atoms with Gasteiger partial charge in [0.25, 0.3) is 0 Å². The third kappa shape index (κ3) is 3.75. The quantitative estimate of drug-likeness (QED) is 0.473. The largest absolute Gasteiger partial charge is 0.449 e. The van der Waals surface area contributed by atoms with E-state index in [1.54, 1.807) is 6.07 Å². The molecule has 2 aromatic heterocycles. The summed E-state index contributed by atoms with van der Waals surface area (Å²) in [6.45, 7) is -0.751. The van der Waals surface area contributed by atoms with Gasteiger partial charge in [0.2, 0.25) is 5.60 Å². The van der Waals surface area contributed by atoms with Gasteiger partial charge in [0.05, 0.1) is 21.6 Å². The van der Waals surface area contributed by atoms with Crippen molar-refractivity contribution in [1.29, 1.82) is 5.26 Å². The smallest absolute Gasteiger partial charge is 0.412 e. The number of nitrogens with one attached hydrogen (secondary N) is 1. The molecule has 1 fully saturated rings. The van der Waals surface area contributed by atoms with Crippen LogP contribution < -0.4 is 5.32 Å². The second kappa shape index (κ2) is 8.71. The highest BCUT2D eigenvalue weighted by molar-refractivity contribution is 5.88. The SMILES string of the molecule is [2H]C([2H])(O)[C@H]1O[C@@](C#N)(c2ccc3c(NC(=O)OCCCCC)ncnn23)[C@H](O)[C@@H]1O. The van der Waals surface area contributed by atoms with Crippen LogP contribution in [-0.4, -0.2) is 67.5 Å². The first-order chi connectivity index (χ1) is 14.7. The molecule has 0 radical (unpaired) electrons. The van der Waals surface area contributed by atoms with Gasteiger partial charge in [0, 0.05) is 0 Å². The summed E-state index contributed by atoms with van der Waals surface area (Å²) in [5.41, 5.74) is -2.05. The molecule has 156 valence electrons. The number of hydrogen-bond donors (Lipinski definition) is 4. The molecule has 29 heavy (non-hydrogen) atoms. The number of hydrogen-bond acceptors (Lipinski definition) is 9. The lowest BCUT2D eigenvalue weighted by atomic mass is 9.92. The van der Waals surface area contributed by atoms with Crippen LogP contribution in [-0.2, 0) is 15.1 Å². The molecule has 1 aliphatic rings. The minimum absolute atomic E-state index is 0.0509. The Morgan fingerprint density at radius 1 is 1.52 bits per heavy atom. The van der Waals surface area contributed by atoms with E-state index in [2.05, 4.69) is 15.4 Å². The van der Waals surface area contributed by atoms with Crippen molar-refractivity contribution in [1.82, 2.24) is 14.6 Å². The van der Waals surface area contributed by atoms with Gasteiger partial charge >= 0.3 is 6.09 Å². The van der Waals surface area contributed by atoms with Crippen molar-refractivity contribution in [3.8, 4) is 6.07 Å². The number of fused-ring (bicyclic) bond motifs is 1. The Morgan fingerprint density at radius 2 is 2.31 bits per heavy atom. The van der Waals surface area contributed by atoms with Gasteiger partial charge in [-0.3, -0.25) is 5.32 Å². The van der Waals surface area contributed by atoms with E-state index in [1.165, 1.54) is 12.1 Å². The molecule has 11 heteroatoms. The van der Waals surface area contributed by atoms with E-state index >= 15 is 0 Å². The molecule has 4 atom stereocenters.